The van der Waals surface area contributed by atoms with Crippen LogP contribution in [0, 0.1) is 5.41 Å². The summed E-state index contributed by atoms with van der Waals surface area (Å²) in [6.45, 7) is 5.46. The number of esters is 1. The lowest BCUT2D eigenvalue weighted by molar-refractivity contribution is -0.152. The smallest absolute Gasteiger partial charge is 0.461 e. The van der Waals surface area contributed by atoms with Gasteiger partial charge in [0.25, 0.3) is 0 Å². The van der Waals surface area contributed by atoms with Crippen molar-refractivity contribution < 1.29 is 18.6 Å². The molecule has 13 heavy (non-hydrogen) atoms. The molecule has 0 radical (unpaired) electrons. The van der Waals surface area contributed by atoms with Gasteiger partial charge in [-0.2, -0.15) is 0 Å². The zero-order valence-electron chi connectivity index (χ0n) is 8.49. The third-order valence-corrected chi connectivity index (χ3v) is 2.28. The van der Waals surface area contributed by atoms with Crippen molar-refractivity contribution in [1.82, 2.24) is 0 Å². The van der Waals surface area contributed by atoms with Crippen LogP contribution in [0.2, 0.25) is 0 Å². The maximum atomic E-state index is 11.2. The van der Waals surface area contributed by atoms with Gasteiger partial charge in [0.1, 0.15) is 6.61 Å². The fourth-order valence-electron chi connectivity index (χ4n) is 0.521. The van der Waals surface area contributed by atoms with Crippen LogP contribution in [0.3, 0.4) is 0 Å². The zero-order valence-corrected chi connectivity index (χ0v) is 9.39. The van der Waals surface area contributed by atoms with E-state index in [1.165, 1.54) is 7.11 Å². The second-order valence-electron chi connectivity index (χ2n) is 3.62. The van der Waals surface area contributed by atoms with Gasteiger partial charge in [-0.05, 0) is 25.3 Å². The molecule has 0 fully saturated rings. The Balaban J connectivity index is 3.67. The van der Waals surface area contributed by atoms with Crippen LogP contribution in [0.25, 0.3) is 0 Å². The summed E-state index contributed by atoms with van der Waals surface area (Å²) in [5.41, 5.74) is -0.501. The highest BCUT2D eigenvalue weighted by Gasteiger charge is 2.24. The topological polar surface area (TPSA) is 52.6 Å². The molecule has 0 aromatic heterocycles. The second-order valence-corrected chi connectivity index (χ2v) is 5.10. The van der Waals surface area contributed by atoms with Gasteiger partial charge >= 0.3 is 14.0 Å². The van der Waals surface area contributed by atoms with E-state index in [9.17, 15) is 9.36 Å². The Morgan fingerprint density at radius 3 is 2.31 bits per heavy atom. The Hall–Kier alpha value is -0.470. The molecule has 0 amide bonds. The molecule has 0 aromatic rings. The molecule has 0 N–H and O–H groups in total. The molecule has 0 aliphatic rings. The predicted molar refractivity (Wildman–Crippen MR) is 49.9 cm³/mol. The van der Waals surface area contributed by atoms with Crippen LogP contribution in [0.4, 0.5) is 0 Å². The standard InChI is InChI=1S/C8H16O4P/c1-8(2,3)7(9)12-5-6-13(10)11-4/h5-6H2,1-4H3/q+1. The van der Waals surface area contributed by atoms with E-state index in [0.29, 0.717) is 0 Å². The molecule has 0 saturated carbocycles. The van der Waals surface area contributed by atoms with Gasteiger partial charge in [0.05, 0.1) is 12.5 Å². The van der Waals surface area contributed by atoms with Crippen molar-refractivity contribution in [3.05, 3.63) is 0 Å². The first-order chi connectivity index (χ1) is 5.88. The number of ether oxygens (including phenoxy) is 1. The summed E-state index contributed by atoms with van der Waals surface area (Å²) in [6.07, 6.45) is 0.258. The highest BCUT2D eigenvalue weighted by Crippen LogP contribution is 2.20. The van der Waals surface area contributed by atoms with Gasteiger partial charge in [-0.15, -0.1) is 4.52 Å². The molecule has 0 heterocycles. The van der Waals surface area contributed by atoms with Crippen molar-refractivity contribution in [2.45, 2.75) is 20.8 Å². The van der Waals surface area contributed by atoms with Crippen LogP contribution in [0.1, 0.15) is 20.8 Å². The maximum Gasteiger partial charge on any atom is 0.511 e. The second kappa shape index (κ2) is 5.30. The Morgan fingerprint density at radius 2 is 1.92 bits per heavy atom. The van der Waals surface area contributed by atoms with Gasteiger partial charge in [0.15, 0.2) is 0 Å². The molecule has 76 valence electrons. The zero-order chi connectivity index (χ0) is 10.5. The number of rotatable bonds is 4. The summed E-state index contributed by atoms with van der Waals surface area (Å²) in [4.78, 5) is 11.2. The summed E-state index contributed by atoms with van der Waals surface area (Å²) in [6, 6.07) is 0. The van der Waals surface area contributed by atoms with Crippen LogP contribution < -0.4 is 0 Å². The molecule has 0 saturated heterocycles. The van der Waals surface area contributed by atoms with Crippen molar-refractivity contribution >= 4 is 14.0 Å². The molecule has 5 heteroatoms. The molecule has 1 unspecified atom stereocenters. The molecule has 0 aliphatic heterocycles. The monoisotopic (exact) mass is 207 g/mol. The van der Waals surface area contributed by atoms with E-state index < -0.39 is 13.4 Å². The number of carbonyl (C=O) groups excluding carboxylic acids is 1. The first kappa shape index (κ1) is 12.5. The van der Waals surface area contributed by atoms with E-state index in [0.717, 1.165) is 0 Å². The average molecular weight is 207 g/mol. The molecule has 4 nitrogen and oxygen atoms in total. The Bertz CT molecular complexity index is 195. The largest absolute Gasteiger partial charge is 0.511 e. The van der Waals surface area contributed by atoms with Crippen molar-refractivity contribution in [2.75, 3.05) is 19.9 Å². The maximum absolute atomic E-state index is 11.2. The Kier molecular flexibility index (Phi) is 5.11. The van der Waals surface area contributed by atoms with Crippen LogP contribution in [-0.4, -0.2) is 25.8 Å². The summed E-state index contributed by atoms with van der Waals surface area (Å²) in [5, 5.41) is 0. The summed E-state index contributed by atoms with van der Waals surface area (Å²) < 4.78 is 20.2. The van der Waals surface area contributed by atoms with E-state index in [2.05, 4.69) is 4.52 Å². The van der Waals surface area contributed by atoms with Gasteiger partial charge in [-0.3, -0.25) is 4.79 Å². The third-order valence-electron chi connectivity index (χ3n) is 1.32. The molecule has 0 bridgehead atoms. The van der Waals surface area contributed by atoms with Crippen LogP contribution in [0.5, 0.6) is 0 Å². The van der Waals surface area contributed by atoms with Gasteiger partial charge in [-0.1, -0.05) is 0 Å². The Labute approximate surface area is 79.5 Å². The van der Waals surface area contributed by atoms with Crippen LogP contribution in [-0.2, 0) is 18.6 Å². The fraction of sp³-hybridized carbons (Fsp3) is 0.875. The van der Waals surface area contributed by atoms with Gasteiger partial charge in [-0.25, -0.2) is 0 Å². The van der Waals surface area contributed by atoms with E-state index >= 15 is 0 Å². The van der Waals surface area contributed by atoms with Gasteiger partial charge in [0.2, 0.25) is 6.16 Å². The van der Waals surface area contributed by atoms with Crippen LogP contribution in [0.15, 0.2) is 0 Å². The highest BCUT2D eigenvalue weighted by molar-refractivity contribution is 7.39. The number of carbonyl (C=O) groups is 1. The first-order valence-electron chi connectivity index (χ1n) is 4.04. The lowest BCUT2D eigenvalue weighted by atomic mass is 9.97. The SMILES string of the molecule is CO[P+](=O)CCOC(=O)C(C)(C)C. The quantitative estimate of drug-likeness (QED) is 0.522. The minimum atomic E-state index is -1.67. The van der Waals surface area contributed by atoms with Gasteiger partial charge in [0, 0.05) is 0 Å². The van der Waals surface area contributed by atoms with Gasteiger partial charge < -0.3 is 4.74 Å². The van der Waals surface area contributed by atoms with Crippen molar-refractivity contribution in [3.63, 3.8) is 0 Å². The molecular weight excluding hydrogens is 191 g/mol. The number of hydrogen-bond acceptors (Lipinski definition) is 4. The predicted octanol–water partition coefficient (Wildman–Crippen LogP) is 1.96. The van der Waals surface area contributed by atoms with E-state index in [4.69, 9.17) is 4.74 Å². The lowest BCUT2D eigenvalue weighted by Crippen LogP contribution is -2.23. The first-order valence-corrected chi connectivity index (χ1v) is 5.40. The lowest BCUT2D eigenvalue weighted by Gasteiger charge is -2.15. The van der Waals surface area contributed by atoms with Crippen molar-refractivity contribution in [3.8, 4) is 0 Å². The van der Waals surface area contributed by atoms with Crippen LogP contribution >= 0.6 is 8.03 Å². The minimum Gasteiger partial charge on any atom is -0.461 e. The molecule has 0 rings (SSSR count). The number of hydrogen-bond donors (Lipinski definition) is 0. The van der Waals surface area contributed by atoms with E-state index in [-0.39, 0.29) is 18.7 Å². The normalized spacial score (nSPS) is 12.5. The molecule has 1 atom stereocenters. The van der Waals surface area contributed by atoms with Crippen molar-refractivity contribution in [2.24, 2.45) is 5.41 Å². The minimum absolute atomic E-state index is 0.152. The summed E-state index contributed by atoms with van der Waals surface area (Å²) >= 11 is 0. The Morgan fingerprint density at radius 1 is 1.38 bits per heavy atom. The summed E-state index contributed by atoms with van der Waals surface area (Å²) in [5.74, 6) is -0.285. The molecule has 0 aliphatic carbocycles. The molecular formula is C8H16O4P+. The average Bonchev–Trinajstić information content (AvgIpc) is 2.02. The fourth-order valence-corrected chi connectivity index (χ4v) is 0.944. The summed E-state index contributed by atoms with van der Waals surface area (Å²) in [7, 11) is -0.307. The van der Waals surface area contributed by atoms with Crippen molar-refractivity contribution in [1.29, 1.82) is 0 Å². The molecule has 0 spiro atoms. The third kappa shape index (κ3) is 5.72. The van der Waals surface area contributed by atoms with E-state index in [1.807, 2.05) is 0 Å². The highest BCUT2D eigenvalue weighted by atomic mass is 31.1. The molecule has 0 aromatic carbocycles. The van der Waals surface area contributed by atoms with E-state index in [1.54, 1.807) is 20.8 Å².